The summed E-state index contributed by atoms with van der Waals surface area (Å²) in [5.41, 5.74) is 7.36. The maximum absolute atomic E-state index is 6.08. The number of nitrogens with zero attached hydrogens (tertiary/aromatic N) is 1. The molecule has 1 aliphatic carbocycles. The molecule has 3 heteroatoms. The molecule has 88 valence electrons. The van der Waals surface area contributed by atoms with Crippen LogP contribution >= 0.6 is 0 Å². The lowest BCUT2D eigenvalue weighted by molar-refractivity contribution is 0.411. The van der Waals surface area contributed by atoms with Crippen molar-refractivity contribution in [3.05, 3.63) is 24.0 Å². The summed E-state index contributed by atoms with van der Waals surface area (Å²) in [6, 6.07) is 2.44. The third-order valence-electron chi connectivity index (χ3n) is 3.41. The molecule has 0 aromatic carbocycles. The average molecular weight is 220 g/mol. The van der Waals surface area contributed by atoms with Crippen LogP contribution in [0, 0.1) is 0 Å². The van der Waals surface area contributed by atoms with E-state index in [-0.39, 0.29) is 0 Å². The number of pyridine rings is 1. The van der Waals surface area contributed by atoms with Crippen molar-refractivity contribution in [2.45, 2.75) is 44.1 Å². The monoisotopic (exact) mass is 220 g/mol. The molecule has 1 aliphatic rings. The second-order valence-electron chi connectivity index (χ2n) is 4.64. The number of hydrogen-bond donors (Lipinski definition) is 1. The summed E-state index contributed by atoms with van der Waals surface area (Å²) in [5.74, 6) is 1.40. The quantitative estimate of drug-likeness (QED) is 0.779. The minimum Gasteiger partial charge on any atom is -0.495 e. The summed E-state index contributed by atoms with van der Waals surface area (Å²) in [6.45, 7) is 0. The zero-order valence-electron chi connectivity index (χ0n) is 9.86. The molecule has 2 N–H and O–H groups in total. The average Bonchev–Trinajstić information content (AvgIpc) is 2.54. The molecule has 2 unspecified atom stereocenters. The van der Waals surface area contributed by atoms with Gasteiger partial charge >= 0.3 is 0 Å². The van der Waals surface area contributed by atoms with Gasteiger partial charge in [0.1, 0.15) is 5.75 Å². The van der Waals surface area contributed by atoms with Gasteiger partial charge in [-0.2, -0.15) is 0 Å². The lowest BCUT2D eigenvalue weighted by atomic mass is 9.91. The Morgan fingerprint density at radius 3 is 2.94 bits per heavy atom. The smallest absolute Gasteiger partial charge is 0.137 e. The van der Waals surface area contributed by atoms with E-state index in [0.717, 1.165) is 18.6 Å². The molecule has 0 bridgehead atoms. The fourth-order valence-corrected chi connectivity index (χ4v) is 2.47. The molecule has 16 heavy (non-hydrogen) atoms. The fraction of sp³-hybridized carbons (Fsp3) is 0.615. The summed E-state index contributed by atoms with van der Waals surface area (Å²) < 4.78 is 5.21. The maximum Gasteiger partial charge on any atom is 0.137 e. The topological polar surface area (TPSA) is 48.1 Å². The molecule has 2 atom stereocenters. The normalized spacial score (nSPS) is 26.1. The van der Waals surface area contributed by atoms with Crippen LogP contribution in [0.15, 0.2) is 18.5 Å². The van der Waals surface area contributed by atoms with Gasteiger partial charge < -0.3 is 10.5 Å². The standard InChI is InChI=1S/C13H20N2O/c1-16-13-7-11(8-15-9-13)10-4-2-3-5-12(14)6-10/h7-10,12H,2-6,14H2,1H3. The number of ether oxygens (including phenoxy) is 1. The van der Waals surface area contributed by atoms with Gasteiger partial charge in [-0.15, -0.1) is 0 Å². The van der Waals surface area contributed by atoms with Crippen LogP contribution < -0.4 is 10.5 Å². The molecule has 0 saturated heterocycles. The van der Waals surface area contributed by atoms with Gasteiger partial charge in [0, 0.05) is 12.2 Å². The van der Waals surface area contributed by atoms with Crippen LogP contribution in [0.1, 0.15) is 43.6 Å². The number of rotatable bonds is 2. The van der Waals surface area contributed by atoms with Gasteiger partial charge in [0.25, 0.3) is 0 Å². The first-order valence-corrected chi connectivity index (χ1v) is 6.04. The van der Waals surface area contributed by atoms with Gasteiger partial charge in [-0.05, 0) is 36.8 Å². The predicted molar refractivity (Wildman–Crippen MR) is 64.6 cm³/mol. The summed E-state index contributed by atoms with van der Waals surface area (Å²) in [4.78, 5) is 4.22. The Balaban J connectivity index is 2.14. The van der Waals surface area contributed by atoms with E-state index in [1.54, 1.807) is 13.3 Å². The summed E-state index contributed by atoms with van der Waals surface area (Å²) >= 11 is 0. The maximum atomic E-state index is 6.08. The van der Waals surface area contributed by atoms with Crippen molar-refractivity contribution in [3.63, 3.8) is 0 Å². The molecule has 0 amide bonds. The van der Waals surface area contributed by atoms with E-state index in [4.69, 9.17) is 10.5 Å². The molecule has 1 aromatic heterocycles. The van der Waals surface area contributed by atoms with Crippen LogP contribution in [0.5, 0.6) is 5.75 Å². The number of aromatic nitrogens is 1. The van der Waals surface area contributed by atoms with Crippen molar-refractivity contribution in [2.24, 2.45) is 5.73 Å². The van der Waals surface area contributed by atoms with E-state index in [1.807, 2.05) is 6.20 Å². The Bertz CT molecular complexity index is 340. The zero-order valence-corrected chi connectivity index (χ0v) is 9.86. The van der Waals surface area contributed by atoms with Crippen LogP contribution in [0.2, 0.25) is 0 Å². The molecule has 1 aromatic rings. The van der Waals surface area contributed by atoms with E-state index >= 15 is 0 Å². The van der Waals surface area contributed by atoms with Gasteiger partial charge in [0.05, 0.1) is 13.3 Å². The van der Waals surface area contributed by atoms with Crippen LogP contribution in [0.25, 0.3) is 0 Å². The summed E-state index contributed by atoms with van der Waals surface area (Å²) in [5, 5.41) is 0. The highest BCUT2D eigenvalue weighted by Crippen LogP contribution is 2.31. The van der Waals surface area contributed by atoms with Crippen LogP contribution in [-0.4, -0.2) is 18.1 Å². The summed E-state index contributed by atoms with van der Waals surface area (Å²) in [6.07, 6.45) is 9.70. The molecular formula is C13H20N2O. The first-order valence-electron chi connectivity index (χ1n) is 6.04. The molecule has 0 radical (unpaired) electrons. The molecule has 1 saturated carbocycles. The van der Waals surface area contributed by atoms with Crippen molar-refractivity contribution in [1.82, 2.24) is 4.98 Å². The third kappa shape index (κ3) is 2.73. The molecule has 2 rings (SSSR count). The SMILES string of the molecule is COc1cncc(C2CCCCC(N)C2)c1. The minimum atomic E-state index is 0.346. The Labute approximate surface area is 97.0 Å². The van der Waals surface area contributed by atoms with Crippen LogP contribution in [-0.2, 0) is 0 Å². The van der Waals surface area contributed by atoms with Crippen molar-refractivity contribution < 1.29 is 4.74 Å². The van der Waals surface area contributed by atoms with Crippen molar-refractivity contribution >= 4 is 0 Å². The van der Waals surface area contributed by atoms with Gasteiger partial charge in [-0.3, -0.25) is 4.98 Å². The number of methoxy groups -OCH3 is 1. The summed E-state index contributed by atoms with van der Waals surface area (Å²) in [7, 11) is 1.68. The van der Waals surface area contributed by atoms with E-state index in [0.29, 0.717) is 12.0 Å². The van der Waals surface area contributed by atoms with E-state index in [9.17, 15) is 0 Å². The highest BCUT2D eigenvalue weighted by atomic mass is 16.5. The first kappa shape index (κ1) is 11.4. The highest BCUT2D eigenvalue weighted by Gasteiger charge is 2.19. The fourth-order valence-electron chi connectivity index (χ4n) is 2.47. The van der Waals surface area contributed by atoms with Gasteiger partial charge in [0.2, 0.25) is 0 Å². The second-order valence-corrected chi connectivity index (χ2v) is 4.64. The van der Waals surface area contributed by atoms with Crippen molar-refractivity contribution in [3.8, 4) is 5.75 Å². The molecule has 0 aliphatic heterocycles. The van der Waals surface area contributed by atoms with Gasteiger partial charge in [-0.1, -0.05) is 12.8 Å². The molecule has 3 nitrogen and oxygen atoms in total. The Morgan fingerprint density at radius 1 is 1.31 bits per heavy atom. The molecular weight excluding hydrogens is 200 g/mol. The second kappa shape index (κ2) is 5.30. The predicted octanol–water partition coefficient (Wildman–Crippen LogP) is 2.47. The number of nitrogens with two attached hydrogens (primary N) is 1. The molecule has 0 spiro atoms. The van der Waals surface area contributed by atoms with Crippen molar-refractivity contribution in [2.75, 3.05) is 7.11 Å². The third-order valence-corrected chi connectivity index (χ3v) is 3.41. The molecule has 1 fully saturated rings. The van der Waals surface area contributed by atoms with Crippen molar-refractivity contribution in [1.29, 1.82) is 0 Å². The van der Waals surface area contributed by atoms with Gasteiger partial charge in [0.15, 0.2) is 0 Å². The van der Waals surface area contributed by atoms with E-state index in [2.05, 4.69) is 11.1 Å². The first-order chi connectivity index (χ1) is 7.79. The van der Waals surface area contributed by atoms with Crippen LogP contribution in [0.3, 0.4) is 0 Å². The highest BCUT2D eigenvalue weighted by molar-refractivity contribution is 5.26. The number of hydrogen-bond acceptors (Lipinski definition) is 3. The van der Waals surface area contributed by atoms with E-state index < -0.39 is 0 Å². The molecule has 1 heterocycles. The van der Waals surface area contributed by atoms with Crippen LogP contribution in [0.4, 0.5) is 0 Å². The Morgan fingerprint density at radius 2 is 2.12 bits per heavy atom. The minimum absolute atomic E-state index is 0.346. The lowest BCUT2D eigenvalue weighted by Gasteiger charge is -2.17. The Hall–Kier alpha value is -1.09. The Kier molecular flexibility index (Phi) is 3.78. The zero-order chi connectivity index (χ0) is 11.4. The van der Waals surface area contributed by atoms with Gasteiger partial charge in [-0.25, -0.2) is 0 Å². The lowest BCUT2D eigenvalue weighted by Crippen LogP contribution is -2.20. The largest absolute Gasteiger partial charge is 0.495 e. The van der Waals surface area contributed by atoms with E-state index in [1.165, 1.54) is 24.8 Å².